The number of alkyl halides is 2. The molecule has 0 aliphatic carbocycles. The number of aryl methyl sites for hydroxylation is 1. The highest BCUT2D eigenvalue weighted by Crippen LogP contribution is 2.33. The van der Waals surface area contributed by atoms with Crippen LogP contribution in [0.25, 0.3) is 10.4 Å². The summed E-state index contributed by atoms with van der Waals surface area (Å²) in [6.07, 6.45) is 0. The van der Waals surface area contributed by atoms with Crippen LogP contribution in [0.2, 0.25) is 0 Å². The Morgan fingerprint density at radius 3 is 2.78 bits per heavy atom. The zero-order chi connectivity index (χ0) is 22.7. The van der Waals surface area contributed by atoms with E-state index in [1.807, 2.05) is 6.92 Å². The Hall–Kier alpha value is -2.47. The number of thiophene rings is 1. The molecular formula is C21H23F2N5O2S2. The van der Waals surface area contributed by atoms with Crippen LogP contribution < -0.4 is 10.1 Å². The Labute approximate surface area is 192 Å². The van der Waals surface area contributed by atoms with Gasteiger partial charge in [-0.2, -0.15) is 13.2 Å². The van der Waals surface area contributed by atoms with Crippen molar-refractivity contribution in [2.45, 2.75) is 20.1 Å². The summed E-state index contributed by atoms with van der Waals surface area (Å²) in [6, 6.07) is 8.20. The van der Waals surface area contributed by atoms with Gasteiger partial charge in [-0.1, -0.05) is 12.1 Å². The van der Waals surface area contributed by atoms with Gasteiger partial charge >= 0.3 is 6.61 Å². The Morgan fingerprint density at radius 1 is 1.25 bits per heavy atom. The molecule has 3 heterocycles. The number of amides is 1. The van der Waals surface area contributed by atoms with Gasteiger partial charge in [-0.3, -0.25) is 15.0 Å². The van der Waals surface area contributed by atoms with Crippen molar-refractivity contribution in [3.8, 4) is 16.2 Å². The lowest BCUT2D eigenvalue weighted by Crippen LogP contribution is -2.44. The van der Waals surface area contributed by atoms with Crippen molar-refractivity contribution in [3.05, 3.63) is 46.6 Å². The average molecular weight is 480 g/mol. The number of nitrogens with zero attached hydrogens (tertiary/aromatic N) is 4. The lowest BCUT2D eigenvalue weighted by molar-refractivity contribution is -0.0498. The standard InChI is InChI=1S/C21H23F2N5O2S2/c1-13-16(11-17(31-13)14-4-3-5-15(10-14)30-20(22)23)19(29)25-21-24-18(26-32-21)12-28-8-6-27(2)7-9-28/h3-5,10-11,20H,6-9,12H2,1-2H3,(H,24,25,26,29). The van der Waals surface area contributed by atoms with Crippen molar-refractivity contribution in [2.75, 3.05) is 38.5 Å². The van der Waals surface area contributed by atoms with E-state index in [9.17, 15) is 13.6 Å². The monoisotopic (exact) mass is 479 g/mol. The highest BCUT2D eigenvalue weighted by atomic mass is 32.1. The van der Waals surface area contributed by atoms with Gasteiger partial charge in [-0.15, -0.1) is 11.3 Å². The molecule has 3 aromatic rings. The Bertz CT molecular complexity index is 1080. The van der Waals surface area contributed by atoms with Crippen molar-refractivity contribution in [1.82, 2.24) is 19.2 Å². The summed E-state index contributed by atoms with van der Waals surface area (Å²) in [5, 5.41) is 3.29. The number of nitrogens with one attached hydrogen (secondary N) is 1. The molecule has 0 saturated carbocycles. The Balaban J connectivity index is 1.41. The molecule has 4 rings (SSSR count). The van der Waals surface area contributed by atoms with Gasteiger partial charge in [0, 0.05) is 47.5 Å². The summed E-state index contributed by atoms with van der Waals surface area (Å²) in [4.78, 5) is 23.5. The lowest BCUT2D eigenvalue weighted by atomic mass is 10.1. The number of benzene rings is 1. The molecule has 1 aliphatic heterocycles. The van der Waals surface area contributed by atoms with Crippen molar-refractivity contribution >= 4 is 33.9 Å². The molecule has 0 bridgehead atoms. The third-order valence-electron chi connectivity index (χ3n) is 5.16. The second kappa shape index (κ2) is 9.99. The maximum Gasteiger partial charge on any atom is 0.387 e. The molecule has 1 aliphatic rings. The topological polar surface area (TPSA) is 70.6 Å². The van der Waals surface area contributed by atoms with Crippen LogP contribution in [-0.2, 0) is 6.54 Å². The highest BCUT2D eigenvalue weighted by molar-refractivity contribution is 7.15. The van der Waals surface area contributed by atoms with Crippen LogP contribution >= 0.6 is 22.9 Å². The first kappa shape index (κ1) is 22.7. The number of hydrogen-bond acceptors (Lipinski definition) is 8. The first-order valence-corrected chi connectivity index (χ1v) is 11.7. The number of ether oxygens (including phenoxy) is 1. The third kappa shape index (κ3) is 5.66. The summed E-state index contributed by atoms with van der Waals surface area (Å²) >= 11 is 2.58. The molecule has 170 valence electrons. The fraction of sp³-hybridized carbons (Fsp3) is 0.381. The summed E-state index contributed by atoms with van der Waals surface area (Å²) in [5.41, 5.74) is 1.22. The minimum atomic E-state index is -2.88. The first-order chi connectivity index (χ1) is 15.4. The molecule has 1 saturated heterocycles. The van der Waals surface area contributed by atoms with E-state index in [4.69, 9.17) is 0 Å². The van der Waals surface area contributed by atoms with Gasteiger partial charge in [0.25, 0.3) is 5.91 Å². The van der Waals surface area contributed by atoms with E-state index in [1.54, 1.807) is 18.2 Å². The molecule has 1 aromatic carbocycles. The summed E-state index contributed by atoms with van der Waals surface area (Å²) in [7, 11) is 2.11. The van der Waals surface area contributed by atoms with Crippen molar-refractivity contribution < 1.29 is 18.3 Å². The summed E-state index contributed by atoms with van der Waals surface area (Å²) < 4.78 is 33.8. The zero-order valence-electron chi connectivity index (χ0n) is 17.7. The molecule has 1 fully saturated rings. The van der Waals surface area contributed by atoms with Crippen LogP contribution in [0.15, 0.2) is 30.3 Å². The second-order valence-corrected chi connectivity index (χ2v) is 9.54. The van der Waals surface area contributed by atoms with Crippen LogP contribution in [-0.4, -0.2) is 64.9 Å². The quantitative estimate of drug-likeness (QED) is 0.548. The molecule has 11 heteroatoms. The number of carbonyl (C=O) groups excluding carboxylic acids is 1. The zero-order valence-corrected chi connectivity index (χ0v) is 19.3. The van der Waals surface area contributed by atoms with E-state index >= 15 is 0 Å². The minimum Gasteiger partial charge on any atom is -0.435 e. The van der Waals surface area contributed by atoms with E-state index in [-0.39, 0.29) is 11.7 Å². The molecule has 32 heavy (non-hydrogen) atoms. The number of aromatic nitrogens is 2. The first-order valence-electron chi connectivity index (χ1n) is 10.1. The maximum absolute atomic E-state index is 12.8. The molecule has 1 amide bonds. The van der Waals surface area contributed by atoms with E-state index in [0.717, 1.165) is 47.5 Å². The van der Waals surface area contributed by atoms with Crippen molar-refractivity contribution in [2.24, 2.45) is 0 Å². The Kier molecular flexibility index (Phi) is 7.09. The lowest BCUT2D eigenvalue weighted by Gasteiger charge is -2.31. The van der Waals surface area contributed by atoms with Crippen LogP contribution in [0.4, 0.5) is 13.9 Å². The maximum atomic E-state index is 12.8. The van der Waals surface area contributed by atoms with Gasteiger partial charge in [0.1, 0.15) is 5.75 Å². The molecule has 0 radical (unpaired) electrons. The Morgan fingerprint density at radius 2 is 2.03 bits per heavy atom. The molecule has 0 atom stereocenters. The van der Waals surface area contributed by atoms with Crippen LogP contribution in [0.3, 0.4) is 0 Å². The number of carbonyl (C=O) groups is 1. The van der Waals surface area contributed by atoms with Gasteiger partial charge in [0.15, 0.2) is 5.82 Å². The third-order valence-corrected chi connectivity index (χ3v) is 6.92. The van der Waals surface area contributed by atoms with Gasteiger partial charge in [0.2, 0.25) is 5.13 Å². The fourth-order valence-corrected chi connectivity index (χ4v) is 5.00. The molecular weight excluding hydrogens is 456 g/mol. The SMILES string of the molecule is Cc1sc(-c2cccc(OC(F)F)c2)cc1C(=O)Nc1nc(CN2CCN(C)CC2)ns1. The van der Waals surface area contributed by atoms with Crippen LogP contribution in [0.5, 0.6) is 5.75 Å². The smallest absolute Gasteiger partial charge is 0.387 e. The molecule has 0 spiro atoms. The van der Waals surface area contributed by atoms with Crippen LogP contribution in [0.1, 0.15) is 21.1 Å². The number of anilines is 1. The predicted octanol–water partition coefficient (Wildman–Crippen LogP) is 4.18. The van der Waals surface area contributed by atoms with E-state index in [1.165, 1.54) is 23.5 Å². The van der Waals surface area contributed by atoms with E-state index in [0.29, 0.717) is 28.6 Å². The van der Waals surface area contributed by atoms with Gasteiger partial charge in [0.05, 0.1) is 12.1 Å². The van der Waals surface area contributed by atoms with Crippen molar-refractivity contribution in [1.29, 1.82) is 0 Å². The molecule has 2 aromatic heterocycles. The highest BCUT2D eigenvalue weighted by Gasteiger charge is 2.19. The molecule has 1 N–H and O–H groups in total. The second-order valence-electron chi connectivity index (χ2n) is 7.54. The summed E-state index contributed by atoms with van der Waals surface area (Å²) in [6.45, 7) is 3.61. The van der Waals surface area contributed by atoms with E-state index in [2.05, 4.69) is 36.3 Å². The van der Waals surface area contributed by atoms with Crippen LogP contribution in [0, 0.1) is 6.92 Å². The largest absolute Gasteiger partial charge is 0.435 e. The number of hydrogen-bond donors (Lipinski definition) is 1. The number of halogens is 2. The predicted molar refractivity (Wildman–Crippen MR) is 122 cm³/mol. The normalized spacial score (nSPS) is 15.3. The summed E-state index contributed by atoms with van der Waals surface area (Å²) in [5.74, 6) is 0.511. The minimum absolute atomic E-state index is 0.0799. The number of likely N-dealkylation sites (N-methyl/N-ethyl adjacent to an activating group) is 1. The molecule has 0 unspecified atom stereocenters. The fourth-order valence-electron chi connectivity index (χ4n) is 3.41. The van der Waals surface area contributed by atoms with Crippen molar-refractivity contribution in [3.63, 3.8) is 0 Å². The van der Waals surface area contributed by atoms with Gasteiger partial charge < -0.3 is 9.64 Å². The number of rotatable bonds is 7. The van der Waals surface area contributed by atoms with Gasteiger partial charge in [-0.25, -0.2) is 4.98 Å². The molecule has 7 nitrogen and oxygen atoms in total. The number of piperazine rings is 1. The van der Waals surface area contributed by atoms with E-state index < -0.39 is 6.61 Å². The average Bonchev–Trinajstić information content (AvgIpc) is 3.35. The van der Waals surface area contributed by atoms with Gasteiger partial charge in [-0.05, 0) is 37.7 Å².